The minimum absolute atomic E-state index is 0.0256. The first kappa shape index (κ1) is 27.1. The van der Waals surface area contributed by atoms with E-state index in [-0.39, 0.29) is 17.2 Å². The second-order valence-electron chi connectivity index (χ2n) is 9.14. The highest BCUT2D eigenvalue weighted by Gasteiger charge is 2.35. The molecule has 1 aliphatic heterocycles. The van der Waals surface area contributed by atoms with Gasteiger partial charge in [-0.3, -0.25) is 4.79 Å². The van der Waals surface area contributed by atoms with Crippen LogP contribution in [-0.2, 0) is 11.0 Å². The van der Waals surface area contributed by atoms with Gasteiger partial charge in [0.15, 0.2) is 6.35 Å². The Morgan fingerprint density at radius 2 is 1.74 bits per heavy atom. The Morgan fingerprint density at radius 1 is 1.05 bits per heavy atom. The normalized spacial score (nSPS) is 16.7. The number of carbonyl (C=O) groups is 2. The van der Waals surface area contributed by atoms with E-state index < -0.39 is 30.1 Å². The van der Waals surface area contributed by atoms with E-state index in [1.165, 1.54) is 25.1 Å². The molecule has 4 rings (SSSR count). The number of likely N-dealkylation sites (tertiary alicyclic amines) is 1. The Kier molecular flexibility index (Phi) is 7.70. The van der Waals surface area contributed by atoms with E-state index in [2.05, 4.69) is 15.6 Å². The first-order valence-electron chi connectivity index (χ1n) is 11.9. The molecule has 0 spiro atoms. The van der Waals surface area contributed by atoms with Crippen molar-refractivity contribution in [3.63, 3.8) is 0 Å². The molecule has 8 nitrogen and oxygen atoms in total. The SMILES string of the molecule is Cc1cc(NC(O)N2CCC[C@@H]2C(=O)Nc2ccc(-c3ccc(C(=O)O)nc3C)cc2)ccc1C(F)(F)F. The van der Waals surface area contributed by atoms with E-state index in [0.29, 0.717) is 36.5 Å². The third-order valence-corrected chi connectivity index (χ3v) is 6.51. The van der Waals surface area contributed by atoms with Gasteiger partial charge in [0, 0.05) is 29.2 Å². The van der Waals surface area contributed by atoms with E-state index in [1.807, 2.05) is 0 Å². The molecule has 3 aromatic rings. The Bertz CT molecular complexity index is 1350. The Labute approximate surface area is 217 Å². The molecule has 0 radical (unpaired) electrons. The summed E-state index contributed by atoms with van der Waals surface area (Å²) in [6.07, 6.45) is -4.55. The zero-order chi connectivity index (χ0) is 27.6. The molecule has 200 valence electrons. The standard InChI is InChI=1S/C27H27F3N4O4/c1-15-14-19(9-11-21(15)27(28,29)30)33-26(38)34-13-3-4-23(34)24(35)32-18-7-5-17(6-8-18)20-10-12-22(25(36)37)31-16(20)2/h5-12,14,23,26,33,38H,3-4,13H2,1-2H3,(H,32,35)(H,36,37)/t23-,26?/m1/s1. The number of hydrogen-bond acceptors (Lipinski definition) is 6. The number of hydrogen-bond donors (Lipinski definition) is 4. The van der Waals surface area contributed by atoms with Gasteiger partial charge in [0.1, 0.15) is 5.69 Å². The highest BCUT2D eigenvalue weighted by atomic mass is 19.4. The molecule has 1 amide bonds. The number of aliphatic hydroxyl groups is 1. The smallest absolute Gasteiger partial charge is 0.416 e. The van der Waals surface area contributed by atoms with Crippen molar-refractivity contribution in [2.24, 2.45) is 0 Å². The quantitative estimate of drug-likeness (QED) is 0.324. The Hall–Kier alpha value is -3.96. The second-order valence-corrected chi connectivity index (χ2v) is 9.14. The van der Waals surface area contributed by atoms with Gasteiger partial charge < -0.3 is 20.8 Å². The van der Waals surface area contributed by atoms with Gasteiger partial charge in [0.05, 0.1) is 11.6 Å². The molecule has 1 unspecified atom stereocenters. The fraction of sp³-hybridized carbons (Fsp3) is 0.296. The van der Waals surface area contributed by atoms with E-state index >= 15 is 0 Å². The number of aryl methyl sites for hydroxylation is 2. The van der Waals surface area contributed by atoms with E-state index in [1.54, 1.807) is 42.2 Å². The number of benzene rings is 2. The molecule has 0 bridgehead atoms. The predicted octanol–water partition coefficient (Wildman–Crippen LogP) is 4.87. The molecule has 1 saturated heterocycles. The Balaban J connectivity index is 1.41. The first-order chi connectivity index (χ1) is 17.9. The molecule has 4 N–H and O–H groups in total. The Morgan fingerprint density at radius 3 is 2.34 bits per heavy atom. The van der Waals surface area contributed by atoms with Gasteiger partial charge in [-0.25, -0.2) is 14.7 Å². The van der Waals surface area contributed by atoms with Crippen LogP contribution in [0.3, 0.4) is 0 Å². The highest BCUT2D eigenvalue weighted by Crippen LogP contribution is 2.33. The number of alkyl halides is 3. The fourth-order valence-corrected chi connectivity index (χ4v) is 4.61. The molecule has 11 heteroatoms. The summed E-state index contributed by atoms with van der Waals surface area (Å²) in [5, 5.41) is 25.4. The number of nitrogens with one attached hydrogen (secondary N) is 2. The second kappa shape index (κ2) is 10.8. The number of amides is 1. The van der Waals surface area contributed by atoms with Crippen LogP contribution in [0.5, 0.6) is 0 Å². The summed E-state index contributed by atoms with van der Waals surface area (Å²) in [6, 6.07) is 13.0. The number of aliphatic hydroxyl groups excluding tert-OH is 1. The molecule has 1 aromatic heterocycles. The maximum Gasteiger partial charge on any atom is 0.416 e. The number of rotatable bonds is 7. The lowest BCUT2D eigenvalue weighted by Crippen LogP contribution is -2.48. The number of carbonyl (C=O) groups excluding carboxylic acids is 1. The van der Waals surface area contributed by atoms with Crippen LogP contribution in [0.15, 0.2) is 54.6 Å². The van der Waals surface area contributed by atoms with Crippen molar-refractivity contribution in [3.05, 3.63) is 77.1 Å². The number of carboxylic acids is 1. The third-order valence-electron chi connectivity index (χ3n) is 6.51. The maximum absolute atomic E-state index is 13.0. The topological polar surface area (TPSA) is 115 Å². The molecule has 38 heavy (non-hydrogen) atoms. The lowest BCUT2D eigenvalue weighted by atomic mass is 10.0. The van der Waals surface area contributed by atoms with E-state index in [9.17, 15) is 27.9 Å². The van der Waals surface area contributed by atoms with Gasteiger partial charge in [-0.1, -0.05) is 18.2 Å². The van der Waals surface area contributed by atoms with Crippen molar-refractivity contribution in [3.8, 4) is 11.1 Å². The summed E-state index contributed by atoms with van der Waals surface area (Å²) >= 11 is 0. The average molecular weight is 529 g/mol. The fourth-order valence-electron chi connectivity index (χ4n) is 4.61. The molecule has 2 atom stereocenters. The van der Waals surface area contributed by atoms with Crippen LogP contribution in [0.25, 0.3) is 11.1 Å². The number of aromatic carboxylic acids is 1. The van der Waals surface area contributed by atoms with Crippen molar-refractivity contribution in [1.29, 1.82) is 0 Å². The average Bonchev–Trinajstić information content (AvgIpc) is 3.34. The largest absolute Gasteiger partial charge is 0.477 e. The van der Waals surface area contributed by atoms with Crippen LogP contribution in [0.2, 0.25) is 0 Å². The summed E-state index contributed by atoms with van der Waals surface area (Å²) in [6.45, 7) is 3.50. The summed E-state index contributed by atoms with van der Waals surface area (Å²) in [5.41, 5.74) is 2.23. The maximum atomic E-state index is 13.0. The summed E-state index contributed by atoms with van der Waals surface area (Å²) in [4.78, 5) is 29.8. The number of nitrogens with zero attached hydrogens (tertiary/aromatic N) is 2. The van der Waals surface area contributed by atoms with Crippen LogP contribution in [0.1, 0.15) is 40.2 Å². The number of halogens is 3. The highest BCUT2D eigenvalue weighted by molar-refractivity contribution is 5.95. The molecular weight excluding hydrogens is 501 g/mol. The summed E-state index contributed by atoms with van der Waals surface area (Å²) in [5.74, 6) is -1.42. The number of pyridine rings is 1. The number of anilines is 2. The third kappa shape index (κ3) is 5.95. The van der Waals surface area contributed by atoms with Crippen molar-refractivity contribution in [2.75, 3.05) is 17.2 Å². The lowest BCUT2D eigenvalue weighted by molar-refractivity contribution is -0.138. The molecule has 2 heterocycles. The molecule has 1 fully saturated rings. The van der Waals surface area contributed by atoms with Crippen LogP contribution in [0, 0.1) is 13.8 Å². The van der Waals surface area contributed by atoms with Crippen molar-refractivity contribution in [1.82, 2.24) is 9.88 Å². The minimum Gasteiger partial charge on any atom is -0.477 e. The monoisotopic (exact) mass is 528 g/mol. The van der Waals surface area contributed by atoms with E-state index in [4.69, 9.17) is 5.11 Å². The van der Waals surface area contributed by atoms with Gasteiger partial charge in [-0.15, -0.1) is 0 Å². The van der Waals surface area contributed by atoms with Gasteiger partial charge in [0.2, 0.25) is 5.91 Å². The molecule has 2 aromatic carbocycles. The first-order valence-corrected chi connectivity index (χ1v) is 11.9. The molecular formula is C27H27F3N4O4. The number of aromatic nitrogens is 1. The zero-order valence-corrected chi connectivity index (χ0v) is 20.7. The van der Waals surface area contributed by atoms with Gasteiger partial charge >= 0.3 is 12.1 Å². The summed E-state index contributed by atoms with van der Waals surface area (Å²) < 4.78 is 39.1. The van der Waals surface area contributed by atoms with Gasteiger partial charge in [-0.05, 0) is 74.2 Å². The predicted molar refractivity (Wildman–Crippen MR) is 136 cm³/mol. The van der Waals surface area contributed by atoms with Gasteiger partial charge in [-0.2, -0.15) is 13.2 Å². The molecule has 1 aliphatic rings. The summed E-state index contributed by atoms with van der Waals surface area (Å²) in [7, 11) is 0. The van der Waals surface area contributed by atoms with Crippen LogP contribution >= 0.6 is 0 Å². The number of carboxylic acid groups (broad SMARTS) is 1. The van der Waals surface area contributed by atoms with E-state index in [0.717, 1.165) is 17.2 Å². The van der Waals surface area contributed by atoms with Crippen molar-refractivity contribution >= 4 is 23.3 Å². The van der Waals surface area contributed by atoms with Crippen molar-refractivity contribution < 1.29 is 33.0 Å². The molecule has 0 saturated carbocycles. The van der Waals surface area contributed by atoms with Gasteiger partial charge in [0.25, 0.3) is 0 Å². The van der Waals surface area contributed by atoms with Crippen LogP contribution < -0.4 is 10.6 Å². The van der Waals surface area contributed by atoms with Crippen molar-refractivity contribution in [2.45, 2.75) is 45.3 Å². The van der Waals surface area contributed by atoms with Crippen LogP contribution in [-0.4, -0.2) is 50.9 Å². The van der Waals surface area contributed by atoms with Crippen LogP contribution in [0.4, 0.5) is 24.5 Å². The zero-order valence-electron chi connectivity index (χ0n) is 20.7. The molecule has 0 aliphatic carbocycles. The lowest BCUT2D eigenvalue weighted by Gasteiger charge is -2.29. The minimum atomic E-state index is -4.46.